The van der Waals surface area contributed by atoms with Crippen molar-refractivity contribution in [1.82, 2.24) is 14.9 Å². The molecule has 2 atom stereocenters. The van der Waals surface area contributed by atoms with Crippen LogP contribution in [0.25, 0.3) is 11.3 Å². The summed E-state index contributed by atoms with van der Waals surface area (Å²) in [6.07, 6.45) is 3.87. The van der Waals surface area contributed by atoms with Gasteiger partial charge in [-0.3, -0.25) is 9.88 Å². The molecule has 0 bridgehead atoms. The van der Waals surface area contributed by atoms with E-state index in [1.165, 1.54) is 18.5 Å². The molecule has 0 spiro atoms. The molecule has 0 radical (unpaired) electrons. The van der Waals surface area contributed by atoms with Gasteiger partial charge in [-0.2, -0.15) is 0 Å². The van der Waals surface area contributed by atoms with Crippen molar-refractivity contribution in [2.75, 3.05) is 18.6 Å². The molecule has 26 heavy (non-hydrogen) atoms. The molecule has 0 aromatic carbocycles. The third-order valence-corrected chi connectivity index (χ3v) is 5.84. The topological polar surface area (TPSA) is 63.2 Å². The van der Waals surface area contributed by atoms with E-state index in [-0.39, 0.29) is 34.1 Å². The molecular weight excluding hydrogens is 384 g/mol. The zero-order chi connectivity index (χ0) is 19.1. The minimum absolute atomic E-state index is 0.0151. The Morgan fingerprint density at radius 3 is 2.54 bits per heavy atom. The molecule has 3 heterocycles. The van der Waals surface area contributed by atoms with E-state index in [9.17, 15) is 17.2 Å². The van der Waals surface area contributed by atoms with Gasteiger partial charge >= 0.3 is 0 Å². The number of hydrogen-bond donors (Lipinski definition) is 0. The predicted molar refractivity (Wildman–Crippen MR) is 95.5 cm³/mol. The number of sulfone groups is 1. The van der Waals surface area contributed by atoms with Crippen LogP contribution >= 0.6 is 11.6 Å². The molecule has 3 rings (SSSR count). The maximum Gasteiger partial charge on any atom is 0.149 e. The maximum atomic E-state index is 14.4. The highest BCUT2D eigenvalue weighted by Gasteiger charge is 2.37. The second-order valence-corrected chi connectivity index (χ2v) is 9.26. The van der Waals surface area contributed by atoms with Gasteiger partial charge in [0.15, 0.2) is 0 Å². The van der Waals surface area contributed by atoms with Crippen molar-refractivity contribution in [2.24, 2.45) is 5.92 Å². The smallest absolute Gasteiger partial charge is 0.149 e. The average molecular weight is 402 g/mol. The fourth-order valence-electron chi connectivity index (χ4n) is 3.15. The lowest BCUT2D eigenvalue weighted by Crippen LogP contribution is -2.56. The van der Waals surface area contributed by atoms with E-state index in [0.717, 1.165) is 12.3 Å². The first kappa shape index (κ1) is 19.1. The second kappa shape index (κ2) is 7.17. The molecule has 1 fully saturated rings. The highest BCUT2D eigenvalue weighted by atomic mass is 35.5. The van der Waals surface area contributed by atoms with Gasteiger partial charge in [-0.1, -0.05) is 11.6 Å². The molecule has 1 saturated heterocycles. The average Bonchev–Trinajstić information content (AvgIpc) is 2.53. The van der Waals surface area contributed by atoms with Crippen LogP contribution in [0.2, 0.25) is 5.15 Å². The van der Waals surface area contributed by atoms with Gasteiger partial charge < -0.3 is 0 Å². The van der Waals surface area contributed by atoms with Crippen molar-refractivity contribution in [3.63, 3.8) is 0 Å². The van der Waals surface area contributed by atoms with Crippen molar-refractivity contribution in [1.29, 1.82) is 0 Å². The van der Waals surface area contributed by atoms with E-state index < -0.39 is 21.5 Å². The SMILES string of the molecule is C[C@H]1[C@H](CS(C)(=O)=O)CN1Cc1cnc(-c2cnc(Cl)cc2F)c(F)c1. The number of aromatic nitrogens is 2. The molecule has 2 aromatic rings. The fraction of sp³-hybridized carbons (Fsp3) is 0.412. The first-order valence-corrected chi connectivity index (χ1v) is 10.5. The third-order valence-electron chi connectivity index (χ3n) is 4.60. The second-order valence-electron chi connectivity index (χ2n) is 6.68. The van der Waals surface area contributed by atoms with E-state index >= 15 is 0 Å². The quantitative estimate of drug-likeness (QED) is 0.721. The Morgan fingerprint density at radius 1 is 1.23 bits per heavy atom. The van der Waals surface area contributed by atoms with Gasteiger partial charge in [-0.25, -0.2) is 22.2 Å². The summed E-state index contributed by atoms with van der Waals surface area (Å²) in [6, 6.07) is 2.41. The summed E-state index contributed by atoms with van der Waals surface area (Å²) < 4.78 is 51.1. The number of nitrogens with zero attached hydrogens (tertiary/aromatic N) is 3. The molecular formula is C17H18ClF2N3O2S. The van der Waals surface area contributed by atoms with Crippen LogP contribution < -0.4 is 0 Å². The van der Waals surface area contributed by atoms with Crippen LogP contribution in [0.5, 0.6) is 0 Å². The highest BCUT2D eigenvalue weighted by molar-refractivity contribution is 7.90. The lowest BCUT2D eigenvalue weighted by atomic mass is 9.91. The predicted octanol–water partition coefficient (Wildman–Crippen LogP) is 2.94. The lowest BCUT2D eigenvalue weighted by Gasteiger charge is -2.46. The van der Waals surface area contributed by atoms with Crippen LogP contribution in [0.1, 0.15) is 12.5 Å². The third kappa shape index (κ3) is 4.19. The summed E-state index contributed by atoms with van der Waals surface area (Å²) in [5.41, 5.74) is 0.462. The monoisotopic (exact) mass is 401 g/mol. The van der Waals surface area contributed by atoms with Crippen LogP contribution in [0.4, 0.5) is 8.78 Å². The van der Waals surface area contributed by atoms with Crippen LogP contribution in [0.3, 0.4) is 0 Å². The van der Waals surface area contributed by atoms with E-state index in [1.54, 1.807) is 0 Å². The van der Waals surface area contributed by atoms with Crippen LogP contribution in [-0.2, 0) is 16.4 Å². The standard InChI is InChI=1S/C17H18ClF2N3O2S/c1-10-12(9-26(2,24)25)8-23(10)7-11-3-15(20)17(22-5-11)13-6-21-16(18)4-14(13)19/h3-6,10,12H,7-9H2,1-2H3/t10-,12-/m0/s1. The summed E-state index contributed by atoms with van der Waals surface area (Å²) in [6.45, 7) is 3.03. The van der Waals surface area contributed by atoms with E-state index in [2.05, 4.69) is 14.9 Å². The Morgan fingerprint density at radius 2 is 1.96 bits per heavy atom. The van der Waals surface area contributed by atoms with Gasteiger partial charge in [0, 0.05) is 49.8 Å². The number of halogens is 3. The number of likely N-dealkylation sites (tertiary alicyclic amines) is 1. The highest BCUT2D eigenvalue weighted by Crippen LogP contribution is 2.29. The Hall–Kier alpha value is -1.64. The molecule has 2 aromatic heterocycles. The zero-order valence-corrected chi connectivity index (χ0v) is 15.9. The minimum Gasteiger partial charge on any atom is -0.296 e. The van der Waals surface area contributed by atoms with Crippen molar-refractivity contribution < 1.29 is 17.2 Å². The minimum atomic E-state index is -3.01. The van der Waals surface area contributed by atoms with Gasteiger partial charge in [-0.05, 0) is 18.6 Å². The zero-order valence-electron chi connectivity index (χ0n) is 14.3. The van der Waals surface area contributed by atoms with E-state index in [4.69, 9.17) is 11.6 Å². The fourth-order valence-corrected chi connectivity index (χ4v) is 4.45. The van der Waals surface area contributed by atoms with Gasteiger partial charge in [0.2, 0.25) is 0 Å². The first-order valence-electron chi connectivity index (χ1n) is 8.01. The van der Waals surface area contributed by atoms with Crippen LogP contribution in [-0.4, -0.2) is 47.9 Å². The number of hydrogen-bond acceptors (Lipinski definition) is 5. The van der Waals surface area contributed by atoms with Crippen molar-refractivity contribution in [3.05, 3.63) is 46.9 Å². The normalized spacial score (nSPS) is 20.8. The molecule has 5 nitrogen and oxygen atoms in total. The van der Waals surface area contributed by atoms with E-state index in [0.29, 0.717) is 18.7 Å². The molecule has 0 saturated carbocycles. The molecule has 1 aliphatic rings. The summed E-state index contributed by atoms with van der Waals surface area (Å²) >= 11 is 5.61. The Balaban J connectivity index is 1.71. The van der Waals surface area contributed by atoms with Crippen LogP contribution in [0, 0.1) is 17.6 Å². The van der Waals surface area contributed by atoms with Crippen LogP contribution in [0.15, 0.2) is 24.5 Å². The van der Waals surface area contributed by atoms with E-state index in [1.807, 2.05) is 6.92 Å². The molecule has 0 aliphatic carbocycles. The Labute approximate surface area is 155 Å². The molecule has 140 valence electrons. The number of pyridine rings is 2. The molecule has 0 amide bonds. The maximum absolute atomic E-state index is 14.4. The number of rotatable bonds is 5. The Kier molecular flexibility index (Phi) is 5.28. The Bertz CT molecular complexity index is 940. The first-order chi connectivity index (χ1) is 12.1. The summed E-state index contributed by atoms with van der Waals surface area (Å²) in [4.78, 5) is 9.84. The molecule has 0 unspecified atom stereocenters. The largest absolute Gasteiger partial charge is 0.296 e. The van der Waals surface area contributed by atoms with Gasteiger partial charge in [-0.15, -0.1) is 0 Å². The van der Waals surface area contributed by atoms with Crippen molar-refractivity contribution in [3.8, 4) is 11.3 Å². The van der Waals surface area contributed by atoms with Crippen molar-refractivity contribution in [2.45, 2.75) is 19.5 Å². The molecule has 9 heteroatoms. The van der Waals surface area contributed by atoms with Gasteiger partial charge in [0.05, 0.1) is 11.3 Å². The molecule has 0 N–H and O–H groups in total. The van der Waals surface area contributed by atoms with Gasteiger partial charge in [0.25, 0.3) is 0 Å². The summed E-state index contributed by atoms with van der Waals surface area (Å²) in [7, 11) is -3.01. The lowest BCUT2D eigenvalue weighted by molar-refractivity contribution is 0.0323. The van der Waals surface area contributed by atoms with Crippen molar-refractivity contribution >= 4 is 21.4 Å². The summed E-state index contributed by atoms with van der Waals surface area (Å²) in [5.74, 6) is -1.11. The van der Waals surface area contributed by atoms with Gasteiger partial charge in [0.1, 0.15) is 32.3 Å². The summed E-state index contributed by atoms with van der Waals surface area (Å²) in [5, 5.41) is -0.0151. The molecule has 1 aliphatic heterocycles.